The van der Waals surface area contributed by atoms with Crippen molar-refractivity contribution in [3.8, 4) is 0 Å². The lowest BCUT2D eigenvalue weighted by atomic mass is 10.1. The van der Waals surface area contributed by atoms with Crippen LogP contribution in [0.1, 0.15) is 11.1 Å². The van der Waals surface area contributed by atoms with Crippen molar-refractivity contribution in [3.63, 3.8) is 0 Å². The van der Waals surface area contributed by atoms with E-state index in [2.05, 4.69) is 41.8 Å². The zero-order chi connectivity index (χ0) is 20.6. The molecule has 1 heterocycles. The molecular formula is C21H18N2O4S2. The fourth-order valence-corrected chi connectivity index (χ4v) is 4.80. The minimum Gasteiger partial charge on any atom is -0.408 e. The number of hydrogen-bond donors (Lipinski definition) is 2. The number of benzene rings is 3. The minimum absolute atomic E-state index is 0.0151. The normalized spacial score (nSPS) is 11.7. The molecule has 0 saturated heterocycles. The molecule has 4 aromatic rings. The number of sulfonamides is 1. The third-order valence-electron chi connectivity index (χ3n) is 4.52. The molecule has 0 aliphatic heterocycles. The highest BCUT2D eigenvalue weighted by molar-refractivity contribution is 7.99. The van der Waals surface area contributed by atoms with Gasteiger partial charge in [0.2, 0.25) is 0 Å². The van der Waals surface area contributed by atoms with Crippen molar-refractivity contribution in [1.82, 2.24) is 4.98 Å². The van der Waals surface area contributed by atoms with Crippen molar-refractivity contribution in [2.24, 2.45) is 0 Å². The number of aromatic amines is 1. The van der Waals surface area contributed by atoms with E-state index in [1.54, 1.807) is 23.9 Å². The Hall–Kier alpha value is -2.97. The summed E-state index contributed by atoms with van der Waals surface area (Å²) in [6.45, 7) is 4.15. The van der Waals surface area contributed by atoms with E-state index in [4.69, 9.17) is 4.42 Å². The summed E-state index contributed by atoms with van der Waals surface area (Å²) in [7, 11) is -3.81. The molecule has 29 heavy (non-hydrogen) atoms. The summed E-state index contributed by atoms with van der Waals surface area (Å²) in [6, 6.07) is 17.7. The first-order valence-corrected chi connectivity index (χ1v) is 11.1. The SMILES string of the molecule is Cc1ccc(Sc2ccc(NS(=O)(=O)c3ccc4[nH]c(=O)oc4c3)cc2)cc1C. The molecule has 2 N–H and O–H groups in total. The predicted octanol–water partition coefficient (Wildman–Crippen LogP) is 4.69. The van der Waals surface area contributed by atoms with E-state index in [9.17, 15) is 13.2 Å². The van der Waals surface area contributed by atoms with Crippen LogP contribution in [0.5, 0.6) is 0 Å². The van der Waals surface area contributed by atoms with Gasteiger partial charge < -0.3 is 4.42 Å². The van der Waals surface area contributed by atoms with Gasteiger partial charge >= 0.3 is 5.76 Å². The highest BCUT2D eigenvalue weighted by atomic mass is 32.2. The van der Waals surface area contributed by atoms with E-state index in [0.717, 1.165) is 9.79 Å². The molecule has 0 unspecified atom stereocenters. The highest BCUT2D eigenvalue weighted by Crippen LogP contribution is 2.30. The van der Waals surface area contributed by atoms with E-state index in [1.807, 2.05) is 12.1 Å². The van der Waals surface area contributed by atoms with Crippen LogP contribution in [0.25, 0.3) is 11.1 Å². The van der Waals surface area contributed by atoms with Crippen molar-refractivity contribution in [1.29, 1.82) is 0 Å². The third-order valence-corrected chi connectivity index (χ3v) is 6.90. The van der Waals surface area contributed by atoms with Crippen molar-refractivity contribution < 1.29 is 12.8 Å². The minimum atomic E-state index is -3.81. The molecule has 0 fully saturated rings. The number of oxazole rings is 1. The van der Waals surface area contributed by atoms with Crippen LogP contribution >= 0.6 is 11.8 Å². The first-order chi connectivity index (χ1) is 13.8. The van der Waals surface area contributed by atoms with E-state index in [-0.39, 0.29) is 10.5 Å². The molecule has 0 aliphatic carbocycles. The summed E-state index contributed by atoms with van der Waals surface area (Å²) in [6.07, 6.45) is 0. The molecular weight excluding hydrogens is 408 g/mol. The maximum atomic E-state index is 12.7. The molecule has 0 saturated carbocycles. The van der Waals surface area contributed by atoms with Gasteiger partial charge in [-0.25, -0.2) is 13.2 Å². The summed E-state index contributed by atoms with van der Waals surface area (Å²) in [5.74, 6) is -0.626. The zero-order valence-electron chi connectivity index (χ0n) is 15.7. The van der Waals surface area contributed by atoms with Crippen LogP contribution in [0.3, 0.4) is 0 Å². The van der Waals surface area contributed by atoms with Gasteiger partial charge in [0.05, 0.1) is 10.4 Å². The van der Waals surface area contributed by atoms with Gasteiger partial charge in [0, 0.05) is 21.5 Å². The molecule has 1 aromatic heterocycles. The quantitative estimate of drug-likeness (QED) is 0.483. The summed E-state index contributed by atoms with van der Waals surface area (Å²) >= 11 is 1.61. The molecule has 8 heteroatoms. The number of fused-ring (bicyclic) bond motifs is 1. The molecule has 0 atom stereocenters. The second kappa shape index (κ2) is 7.46. The van der Waals surface area contributed by atoms with E-state index in [1.165, 1.54) is 29.3 Å². The lowest BCUT2D eigenvalue weighted by molar-refractivity contribution is 0.554. The standard InChI is InChI=1S/C21H18N2O4S2/c1-13-3-6-17(11-14(13)2)28-16-7-4-15(5-8-16)23-29(25,26)18-9-10-19-20(12-18)27-21(24)22-19/h3-12,23H,1-2H3,(H,22,24). The van der Waals surface area contributed by atoms with Gasteiger partial charge in [-0.3, -0.25) is 9.71 Å². The number of H-pyrrole nitrogens is 1. The molecule has 0 bridgehead atoms. The lowest BCUT2D eigenvalue weighted by Gasteiger charge is -2.09. The zero-order valence-corrected chi connectivity index (χ0v) is 17.4. The van der Waals surface area contributed by atoms with Crippen LogP contribution in [-0.2, 0) is 10.0 Å². The van der Waals surface area contributed by atoms with Crippen LogP contribution < -0.4 is 10.5 Å². The largest absolute Gasteiger partial charge is 0.417 e. The Morgan fingerprint density at radius 1 is 0.897 bits per heavy atom. The number of aryl methyl sites for hydroxylation is 2. The number of aromatic nitrogens is 1. The first-order valence-electron chi connectivity index (χ1n) is 8.81. The molecule has 4 rings (SSSR count). The average molecular weight is 427 g/mol. The molecule has 3 aromatic carbocycles. The highest BCUT2D eigenvalue weighted by Gasteiger charge is 2.16. The number of hydrogen-bond acceptors (Lipinski definition) is 5. The Kier molecular flexibility index (Phi) is 4.97. The average Bonchev–Trinajstić information content (AvgIpc) is 3.05. The Balaban J connectivity index is 1.52. The second-order valence-electron chi connectivity index (χ2n) is 6.65. The molecule has 6 nitrogen and oxygen atoms in total. The Morgan fingerprint density at radius 3 is 2.34 bits per heavy atom. The molecule has 148 valence electrons. The van der Waals surface area contributed by atoms with E-state index < -0.39 is 15.8 Å². The van der Waals surface area contributed by atoms with Gasteiger partial charge in [-0.1, -0.05) is 17.8 Å². The summed E-state index contributed by atoms with van der Waals surface area (Å²) in [5, 5.41) is 0. The Bertz CT molecular complexity index is 1350. The number of rotatable bonds is 5. The second-order valence-corrected chi connectivity index (χ2v) is 9.48. The lowest BCUT2D eigenvalue weighted by Crippen LogP contribution is -2.12. The molecule has 0 spiro atoms. The van der Waals surface area contributed by atoms with Crippen molar-refractivity contribution >= 4 is 38.6 Å². The molecule has 0 amide bonds. The van der Waals surface area contributed by atoms with Crippen molar-refractivity contribution in [2.75, 3.05) is 4.72 Å². The predicted molar refractivity (Wildman–Crippen MR) is 114 cm³/mol. The Morgan fingerprint density at radius 2 is 1.62 bits per heavy atom. The van der Waals surface area contributed by atoms with E-state index in [0.29, 0.717) is 11.2 Å². The van der Waals surface area contributed by atoms with Gasteiger partial charge in [0.15, 0.2) is 5.58 Å². The smallest absolute Gasteiger partial charge is 0.408 e. The van der Waals surface area contributed by atoms with Crippen LogP contribution in [-0.4, -0.2) is 13.4 Å². The molecule has 0 radical (unpaired) electrons. The van der Waals surface area contributed by atoms with Crippen LogP contribution in [0.4, 0.5) is 5.69 Å². The van der Waals surface area contributed by atoms with E-state index >= 15 is 0 Å². The monoisotopic (exact) mass is 426 g/mol. The van der Waals surface area contributed by atoms with Gasteiger partial charge in [-0.15, -0.1) is 0 Å². The van der Waals surface area contributed by atoms with Gasteiger partial charge in [0.1, 0.15) is 0 Å². The fraction of sp³-hybridized carbons (Fsp3) is 0.0952. The van der Waals surface area contributed by atoms with Gasteiger partial charge in [0.25, 0.3) is 10.0 Å². The Labute approximate surface area is 172 Å². The fourth-order valence-electron chi connectivity index (χ4n) is 2.81. The maximum Gasteiger partial charge on any atom is 0.417 e. The first kappa shape index (κ1) is 19.4. The van der Waals surface area contributed by atoms with Crippen LogP contribution in [0.2, 0.25) is 0 Å². The van der Waals surface area contributed by atoms with Crippen molar-refractivity contribution in [2.45, 2.75) is 28.5 Å². The number of nitrogens with one attached hydrogen (secondary N) is 2. The maximum absolute atomic E-state index is 12.7. The summed E-state index contributed by atoms with van der Waals surface area (Å²) in [4.78, 5) is 15.9. The number of anilines is 1. The van der Waals surface area contributed by atoms with Crippen LogP contribution in [0.15, 0.2) is 84.6 Å². The summed E-state index contributed by atoms with van der Waals surface area (Å²) in [5.41, 5.74) is 3.57. The molecule has 0 aliphatic rings. The van der Waals surface area contributed by atoms with Crippen LogP contribution in [0, 0.1) is 13.8 Å². The summed E-state index contributed by atoms with van der Waals surface area (Å²) < 4.78 is 32.8. The topological polar surface area (TPSA) is 92.2 Å². The third kappa shape index (κ3) is 4.23. The van der Waals surface area contributed by atoms with Crippen molar-refractivity contribution in [3.05, 3.63) is 82.3 Å². The van der Waals surface area contributed by atoms with Gasteiger partial charge in [-0.05, 0) is 73.5 Å². The van der Waals surface area contributed by atoms with Gasteiger partial charge in [-0.2, -0.15) is 0 Å².